The summed E-state index contributed by atoms with van der Waals surface area (Å²) < 4.78 is 38.8. The SMILES string of the molecule is C=C(N/C(=C/c1ccc(C)c(Cl)c1)C(=O)NC(Cc1ccc(Cl)cc1)C(=O)O)c1ccc(C(F)(F)F)cc1. The molecule has 1 unspecified atom stereocenters. The Balaban J connectivity index is 1.89. The maximum Gasteiger partial charge on any atom is 0.416 e. The number of benzene rings is 3. The van der Waals surface area contributed by atoms with Gasteiger partial charge >= 0.3 is 12.1 Å². The molecule has 3 N–H and O–H groups in total. The lowest BCUT2D eigenvalue weighted by molar-refractivity contribution is -0.141. The Morgan fingerprint density at radius 1 is 1.03 bits per heavy atom. The summed E-state index contributed by atoms with van der Waals surface area (Å²) in [5.74, 6) is -2.02. The quantitative estimate of drug-likeness (QED) is 0.252. The van der Waals surface area contributed by atoms with E-state index in [-0.39, 0.29) is 17.8 Å². The van der Waals surface area contributed by atoms with Crippen LogP contribution in [-0.4, -0.2) is 23.0 Å². The third-order valence-corrected chi connectivity index (χ3v) is 6.21. The number of halogens is 5. The fourth-order valence-corrected chi connectivity index (χ4v) is 3.73. The number of hydrogen-bond donors (Lipinski definition) is 3. The van der Waals surface area contributed by atoms with Crippen LogP contribution in [0, 0.1) is 6.92 Å². The van der Waals surface area contributed by atoms with Crippen molar-refractivity contribution in [3.05, 3.63) is 117 Å². The monoisotopic (exact) mass is 562 g/mol. The maximum atomic E-state index is 13.3. The number of alkyl halides is 3. The second-order valence-corrected chi connectivity index (χ2v) is 9.28. The summed E-state index contributed by atoms with van der Waals surface area (Å²) in [7, 11) is 0. The molecule has 0 bridgehead atoms. The highest BCUT2D eigenvalue weighted by Gasteiger charge is 2.30. The van der Waals surface area contributed by atoms with E-state index in [0.29, 0.717) is 26.7 Å². The topological polar surface area (TPSA) is 78.4 Å². The van der Waals surface area contributed by atoms with E-state index in [4.69, 9.17) is 23.2 Å². The van der Waals surface area contributed by atoms with Crippen LogP contribution < -0.4 is 10.6 Å². The van der Waals surface area contributed by atoms with E-state index in [2.05, 4.69) is 17.2 Å². The fraction of sp³-hybridized carbons (Fsp3) is 0.143. The van der Waals surface area contributed by atoms with Crippen LogP contribution in [0.1, 0.15) is 27.8 Å². The van der Waals surface area contributed by atoms with Gasteiger partial charge in [0.25, 0.3) is 5.91 Å². The molecular formula is C28H23Cl2F3N2O3. The third kappa shape index (κ3) is 7.87. The van der Waals surface area contributed by atoms with E-state index in [0.717, 1.165) is 17.7 Å². The molecule has 0 aliphatic heterocycles. The van der Waals surface area contributed by atoms with Crippen molar-refractivity contribution in [2.75, 3.05) is 0 Å². The van der Waals surface area contributed by atoms with Gasteiger partial charge in [-0.2, -0.15) is 13.2 Å². The number of rotatable bonds is 9. The average Bonchev–Trinajstić information content (AvgIpc) is 2.86. The zero-order valence-electron chi connectivity index (χ0n) is 20.1. The Labute approximate surface area is 227 Å². The summed E-state index contributed by atoms with van der Waals surface area (Å²) in [6.07, 6.45) is -3.07. The van der Waals surface area contributed by atoms with Gasteiger partial charge < -0.3 is 15.7 Å². The van der Waals surface area contributed by atoms with E-state index >= 15 is 0 Å². The number of nitrogens with one attached hydrogen (secondary N) is 2. The minimum Gasteiger partial charge on any atom is -0.480 e. The molecule has 1 amide bonds. The lowest BCUT2D eigenvalue weighted by Crippen LogP contribution is -2.44. The average molecular weight is 563 g/mol. The summed E-state index contributed by atoms with van der Waals surface area (Å²) in [6.45, 7) is 5.64. The van der Waals surface area contributed by atoms with Gasteiger partial charge in [0.15, 0.2) is 0 Å². The largest absolute Gasteiger partial charge is 0.480 e. The number of aryl methyl sites for hydroxylation is 1. The van der Waals surface area contributed by atoms with Crippen molar-refractivity contribution >= 4 is 46.9 Å². The van der Waals surface area contributed by atoms with E-state index in [1.807, 2.05) is 6.92 Å². The highest BCUT2D eigenvalue weighted by atomic mass is 35.5. The molecule has 1 atom stereocenters. The number of hydrogen-bond acceptors (Lipinski definition) is 3. The molecule has 198 valence electrons. The Bertz CT molecular complexity index is 1370. The van der Waals surface area contributed by atoms with Crippen molar-refractivity contribution in [2.24, 2.45) is 0 Å². The highest BCUT2D eigenvalue weighted by molar-refractivity contribution is 6.31. The molecule has 0 spiro atoms. The standard InChI is InChI=1S/C28H23Cl2F3N2O3/c1-16-3-4-19(13-23(16)30)15-24(34-17(2)20-7-9-21(10-8-20)28(31,32)33)26(36)35-25(27(37)38)14-18-5-11-22(29)12-6-18/h3-13,15,25,34H,2,14H2,1H3,(H,35,36)(H,37,38)/b24-15+. The molecule has 0 radical (unpaired) electrons. The summed E-state index contributed by atoms with van der Waals surface area (Å²) >= 11 is 12.1. The molecule has 0 aliphatic rings. The zero-order valence-corrected chi connectivity index (χ0v) is 21.6. The molecule has 0 aliphatic carbocycles. The Morgan fingerprint density at radius 3 is 2.21 bits per heavy atom. The third-order valence-electron chi connectivity index (χ3n) is 5.55. The first-order chi connectivity index (χ1) is 17.8. The van der Waals surface area contributed by atoms with Crippen LogP contribution in [0.3, 0.4) is 0 Å². The van der Waals surface area contributed by atoms with Gasteiger partial charge in [0.2, 0.25) is 0 Å². The van der Waals surface area contributed by atoms with Crippen molar-refractivity contribution in [2.45, 2.75) is 25.6 Å². The summed E-state index contributed by atoms with van der Waals surface area (Å²) in [5, 5.41) is 16.0. The highest BCUT2D eigenvalue weighted by Crippen LogP contribution is 2.30. The second kappa shape index (κ2) is 12.2. The number of aliphatic carboxylic acids is 1. The van der Waals surface area contributed by atoms with Gasteiger partial charge in [-0.25, -0.2) is 4.79 Å². The number of carbonyl (C=O) groups is 2. The molecule has 5 nitrogen and oxygen atoms in total. The van der Waals surface area contributed by atoms with E-state index in [1.54, 1.807) is 42.5 Å². The van der Waals surface area contributed by atoms with Gasteiger partial charge in [0, 0.05) is 22.2 Å². The fourth-order valence-electron chi connectivity index (χ4n) is 3.41. The minimum absolute atomic E-state index is 0.0122. The zero-order chi connectivity index (χ0) is 28.0. The predicted molar refractivity (Wildman–Crippen MR) is 143 cm³/mol. The van der Waals surface area contributed by atoms with Crippen molar-refractivity contribution in [3.8, 4) is 0 Å². The van der Waals surface area contributed by atoms with Crippen LogP contribution in [0.5, 0.6) is 0 Å². The van der Waals surface area contributed by atoms with Crippen LogP contribution in [0.2, 0.25) is 10.0 Å². The van der Waals surface area contributed by atoms with Crippen molar-refractivity contribution in [1.82, 2.24) is 10.6 Å². The molecule has 0 heterocycles. The first kappa shape index (κ1) is 28.8. The van der Waals surface area contributed by atoms with Crippen molar-refractivity contribution in [3.63, 3.8) is 0 Å². The summed E-state index contributed by atoms with van der Waals surface area (Å²) in [4.78, 5) is 25.2. The van der Waals surface area contributed by atoms with Gasteiger partial charge in [-0.05, 0) is 65.6 Å². The van der Waals surface area contributed by atoms with Crippen LogP contribution in [0.4, 0.5) is 13.2 Å². The first-order valence-corrected chi connectivity index (χ1v) is 12.0. The Morgan fingerprint density at radius 2 is 1.66 bits per heavy atom. The molecule has 0 saturated carbocycles. The minimum atomic E-state index is -4.50. The van der Waals surface area contributed by atoms with Gasteiger partial charge in [0.05, 0.1) is 5.56 Å². The summed E-state index contributed by atoms with van der Waals surface area (Å²) in [5.41, 5.74) is 1.49. The molecule has 3 aromatic rings. The molecule has 10 heteroatoms. The molecular weight excluding hydrogens is 540 g/mol. The van der Waals surface area contributed by atoms with Crippen molar-refractivity contribution in [1.29, 1.82) is 0 Å². The molecule has 38 heavy (non-hydrogen) atoms. The lowest BCUT2D eigenvalue weighted by Gasteiger charge is -2.18. The maximum absolute atomic E-state index is 13.3. The number of carbonyl (C=O) groups excluding carboxylic acids is 1. The van der Waals surface area contributed by atoms with Gasteiger partial charge in [-0.15, -0.1) is 0 Å². The van der Waals surface area contributed by atoms with Crippen LogP contribution >= 0.6 is 23.2 Å². The van der Waals surface area contributed by atoms with Crippen LogP contribution in [-0.2, 0) is 22.2 Å². The van der Waals surface area contributed by atoms with Crippen molar-refractivity contribution < 1.29 is 27.9 Å². The number of amides is 1. The van der Waals surface area contributed by atoms with E-state index < -0.39 is 29.7 Å². The summed E-state index contributed by atoms with van der Waals surface area (Å²) in [6, 6.07) is 14.6. The van der Waals surface area contributed by atoms with E-state index in [1.165, 1.54) is 18.2 Å². The molecule has 3 aromatic carbocycles. The second-order valence-electron chi connectivity index (χ2n) is 8.44. The van der Waals surface area contributed by atoms with Gasteiger partial charge in [-0.3, -0.25) is 4.79 Å². The predicted octanol–water partition coefficient (Wildman–Crippen LogP) is 6.73. The normalized spacial score (nSPS) is 12.5. The Kier molecular flexibility index (Phi) is 9.25. The molecule has 0 saturated heterocycles. The van der Waals surface area contributed by atoms with Crippen LogP contribution in [0.15, 0.2) is 79.0 Å². The Hall–Kier alpha value is -3.75. The van der Waals surface area contributed by atoms with Gasteiger partial charge in [-0.1, -0.05) is 66.2 Å². The molecule has 0 fully saturated rings. The first-order valence-electron chi connectivity index (χ1n) is 11.2. The molecule has 3 rings (SSSR count). The van der Waals surface area contributed by atoms with Gasteiger partial charge in [0.1, 0.15) is 11.7 Å². The number of carboxylic acid groups (broad SMARTS) is 1. The lowest BCUT2D eigenvalue weighted by atomic mass is 10.1. The number of carboxylic acids is 1. The smallest absolute Gasteiger partial charge is 0.416 e. The van der Waals surface area contributed by atoms with Crippen LogP contribution in [0.25, 0.3) is 11.8 Å². The molecule has 0 aromatic heterocycles. The van der Waals surface area contributed by atoms with E-state index in [9.17, 15) is 27.9 Å².